The van der Waals surface area contributed by atoms with Crippen molar-refractivity contribution in [2.75, 3.05) is 26.7 Å². The fraction of sp³-hybridized carbons (Fsp3) is 0.476. The second-order valence-electron chi connectivity index (χ2n) is 8.02. The normalized spacial score (nSPS) is 23.8. The summed E-state index contributed by atoms with van der Waals surface area (Å²) in [6.07, 6.45) is -0.342. The van der Waals surface area contributed by atoms with Crippen LogP contribution in [0.25, 0.3) is 0 Å². The number of rotatable bonds is 3. The number of aryl methyl sites for hydroxylation is 1. The lowest BCUT2D eigenvalue weighted by molar-refractivity contribution is -0.192. The standard InChI is InChI=1S/C19H24N4O.C2HF3O2/c1-21-11-9-20-17(21)13-23-10-8-19(14-23)16(12-22(2)18(19)24)15-6-4-3-5-7-15;3-2(4,5)1(6)7/h3-7,9,11,16H,8,10,12-14H2,1-2H3;(H,6,7). The first-order valence-electron chi connectivity index (χ1n) is 9.84. The molecule has 2 aliphatic rings. The molecule has 7 nitrogen and oxygen atoms in total. The van der Waals surface area contributed by atoms with Crippen LogP contribution in [-0.4, -0.2) is 69.2 Å². The van der Waals surface area contributed by atoms with Crippen LogP contribution in [0, 0.1) is 5.41 Å². The number of alkyl halides is 3. The highest BCUT2D eigenvalue weighted by atomic mass is 19.4. The Morgan fingerprint density at radius 3 is 2.45 bits per heavy atom. The van der Waals surface area contributed by atoms with Crippen LogP contribution >= 0.6 is 0 Å². The number of aliphatic carboxylic acids is 1. The fourth-order valence-electron chi connectivity index (χ4n) is 4.43. The van der Waals surface area contributed by atoms with Crippen molar-refractivity contribution >= 4 is 11.9 Å². The molecular formula is C21H25F3N4O3. The van der Waals surface area contributed by atoms with Gasteiger partial charge >= 0.3 is 12.1 Å². The van der Waals surface area contributed by atoms with Gasteiger partial charge < -0.3 is 14.6 Å². The Kier molecular flexibility index (Phi) is 6.40. The molecule has 2 atom stereocenters. The summed E-state index contributed by atoms with van der Waals surface area (Å²) in [6.45, 7) is 3.40. The molecule has 1 N–H and O–H groups in total. The molecule has 31 heavy (non-hydrogen) atoms. The average Bonchev–Trinajstić information content (AvgIpc) is 3.39. The van der Waals surface area contributed by atoms with Crippen molar-refractivity contribution in [1.29, 1.82) is 0 Å². The first-order valence-corrected chi connectivity index (χ1v) is 9.84. The van der Waals surface area contributed by atoms with E-state index in [-0.39, 0.29) is 11.3 Å². The third-order valence-electron chi connectivity index (χ3n) is 6.01. The molecule has 4 rings (SSSR count). The highest BCUT2D eigenvalue weighted by Crippen LogP contribution is 2.49. The summed E-state index contributed by atoms with van der Waals surface area (Å²) in [5.74, 6) is -1.11. The third kappa shape index (κ3) is 4.73. The van der Waals surface area contributed by atoms with Gasteiger partial charge in [0.05, 0.1) is 12.0 Å². The molecular weight excluding hydrogens is 413 g/mol. The predicted octanol–water partition coefficient (Wildman–Crippen LogP) is 2.50. The van der Waals surface area contributed by atoms with Crippen LogP contribution in [0.4, 0.5) is 13.2 Å². The molecule has 2 unspecified atom stereocenters. The van der Waals surface area contributed by atoms with E-state index in [0.29, 0.717) is 5.91 Å². The predicted molar refractivity (Wildman–Crippen MR) is 106 cm³/mol. The minimum Gasteiger partial charge on any atom is -0.475 e. The van der Waals surface area contributed by atoms with Crippen LogP contribution < -0.4 is 0 Å². The summed E-state index contributed by atoms with van der Waals surface area (Å²) >= 11 is 0. The van der Waals surface area contributed by atoms with Crippen molar-refractivity contribution in [3.63, 3.8) is 0 Å². The van der Waals surface area contributed by atoms with Crippen molar-refractivity contribution < 1.29 is 27.9 Å². The molecule has 1 spiro atoms. The van der Waals surface area contributed by atoms with E-state index < -0.39 is 12.1 Å². The van der Waals surface area contributed by atoms with Crippen LogP contribution in [0.1, 0.15) is 23.7 Å². The number of benzene rings is 1. The highest BCUT2D eigenvalue weighted by molar-refractivity contribution is 5.87. The second-order valence-corrected chi connectivity index (χ2v) is 8.02. The Morgan fingerprint density at radius 1 is 1.26 bits per heavy atom. The number of hydrogen-bond donors (Lipinski definition) is 1. The zero-order valence-corrected chi connectivity index (χ0v) is 17.3. The first kappa shape index (κ1) is 22.8. The summed E-state index contributed by atoms with van der Waals surface area (Å²) in [6, 6.07) is 10.5. The maximum Gasteiger partial charge on any atom is 0.490 e. The van der Waals surface area contributed by atoms with Gasteiger partial charge in [0.25, 0.3) is 0 Å². The lowest BCUT2D eigenvalue weighted by Gasteiger charge is -2.28. The van der Waals surface area contributed by atoms with Crippen molar-refractivity contribution in [2.45, 2.75) is 25.1 Å². The summed E-state index contributed by atoms with van der Waals surface area (Å²) in [5, 5.41) is 7.12. The largest absolute Gasteiger partial charge is 0.490 e. The average molecular weight is 438 g/mol. The Bertz CT molecular complexity index is 931. The molecule has 1 amide bonds. The van der Waals surface area contributed by atoms with Gasteiger partial charge in [0.15, 0.2) is 0 Å². The molecule has 1 aromatic heterocycles. The number of aromatic nitrogens is 2. The van der Waals surface area contributed by atoms with Gasteiger partial charge in [-0.1, -0.05) is 30.3 Å². The molecule has 10 heteroatoms. The van der Waals surface area contributed by atoms with Crippen LogP contribution in [-0.2, 0) is 23.2 Å². The SMILES string of the molecule is CN1CC(c2ccccc2)C2(CCN(Cc3nccn3C)C2)C1=O.O=C(O)C(F)(F)F. The zero-order chi connectivity index (χ0) is 22.8. The Balaban J connectivity index is 0.000000339. The minimum absolute atomic E-state index is 0.277. The number of likely N-dealkylation sites (N-methyl/N-ethyl adjacent to an activating group) is 1. The number of carbonyl (C=O) groups excluding carboxylic acids is 1. The summed E-state index contributed by atoms with van der Waals surface area (Å²) in [7, 11) is 3.96. The first-order chi connectivity index (χ1) is 14.5. The molecule has 2 aliphatic heterocycles. The molecule has 2 saturated heterocycles. The molecule has 3 heterocycles. The lowest BCUT2D eigenvalue weighted by Crippen LogP contribution is -2.38. The Morgan fingerprint density at radius 2 is 1.90 bits per heavy atom. The molecule has 0 aliphatic carbocycles. The van der Waals surface area contributed by atoms with E-state index in [1.807, 2.05) is 37.5 Å². The lowest BCUT2D eigenvalue weighted by atomic mass is 9.73. The van der Waals surface area contributed by atoms with Crippen molar-refractivity contribution in [3.05, 3.63) is 54.1 Å². The Hall–Kier alpha value is -2.88. The number of nitrogens with zero attached hydrogens (tertiary/aromatic N) is 4. The second kappa shape index (κ2) is 8.70. The van der Waals surface area contributed by atoms with Crippen LogP contribution in [0.5, 0.6) is 0 Å². The highest BCUT2D eigenvalue weighted by Gasteiger charge is 2.56. The van der Waals surface area contributed by atoms with Crippen molar-refractivity contribution in [3.8, 4) is 0 Å². The van der Waals surface area contributed by atoms with Crippen LogP contribution in [0.15, 0.2) is 42.7 Å². The molecule has 0 bridgehead atoms. The molecule has 0 radical (unpaired) electrons. The molecule has 2 aromatic rings. The van der Waals surface area contributed by atoms with Gasteiger partial charge in [0.2, 0.25) is 5.91 Å². The summed E-state index contributed by atoms with van der Waals surface area (Å²) < 4.78 is 33.8. The quantitative estimate of drug-likeness (QED) is 0.797. The maximum atomic E-state index is 13.0. The van der Waals surface area contributed by atoms with E-state index in [0.717, 1.165) is 38.4 Å². The zero-order valence-electron chi connectivity index (χ0n) is 17.3. The fourth-order valence-corrected chi connectivity index (χ4v) is 4.43. The number of hydrogen-bond acceptors (Lipinski definition) is 4. The van der Waals surface area contributed by atoms with Gasteiger partial charge in [-0.3, -0.25) is 9.69 Å². The minimum atomic E-state index is -5.08. The van der Waals surface area contributed by atoms with Crippen molar-refractivity contribution in [2.24, 2.45) is 12.5 Å². The van der Waals surface area contributed by atoms with E-state index in [1.165, 1.54) is 5.56 Å². The van der Waals surface area contributed by atoms with Gasteiger partial charge in [-0.05, 0) is 18.5 Å². The van der Waals surface area contributed by atoms with Gasteiger partial charge in [-0.15, -0.1) is 0 Å². The van der Waals surface area contributed by atoms with E-state index in [1.54, 1.807) is 0 Å². The number of carbonyl (C=O) groups is 2. The molecule has 168 valence electrons. The van der Waals surface area contributed by atoms with E-state index >= 15 is 0 Å². The number of likely N-dealkylation sites (tertiary alicyclic amines) is 2. The molecule has 0 saturated carbocycles. The number of carboxylic acid groups (broad SMARTS) is 1. The van der Waals surface area contributed by atoms with Gasteiger partial charge in [-0.2, -0.15) is 13.2 Å². The van der Waals surface area contributed by atoms with Crippen LogP contribution in [0.2, 0.25) is 0 Å². The smallest absolute Gasteiger partial charge is 0.475 e. The summed E-state index contributed by atoms with van der Waals surface area (Å²) in [5.41, 5.74) is 1.01. The summed E-state index contributed by atoms with van der Waals surface area (Å²) in [4.78, 5) is 30.6. The monoisotopic (exact) mass is 438 g/mol. The van der Waals surface area contributed by atoms with Gasteiger partial charge in [-0.25, -0.2) is 9.78 Å². The number of imidazole rings is 1. The molecule has 2 fully saturated rings. The third-order valence-corrected chi connectivity index (χ3v) is 6.01. The van der Waals surface area contributed by atoms with Crippen molar-refractivity contribution in [1.82, 2.24) is 19.4 Å². The Labute approximate surface area is 178 Å². The van der Waals surface area contributed by atoms with Gasteiger partial charge in [0.1, 0.15) is 5.82 Å². The number of amides is 1. The number of carboxylic acids is 1. The number of halogens is 3. The molecule has 1 aromatic carbocycles. The van der Waals surface area contributed by atoms with E-state index in [2.05, 4.69) is 38.7 Å². The maximum absolute atomic E-state index is 13.0. The van der Waals surface area contributed by atoms with E-state index in [9.17, 15) is 18.0 Å². The van der Waals surface area contributed by atoms with E-state index in [4.69, 9.17) is 9.90 Å². The van der Waals surface area contributed by atoms with Crippen LogP contribution in [0.3, 0.4) is 0 Å². The van der Waals surface area contributed by atoms with Gasteiger partial charge in [0, 0.05) is 45.5 Å². The topological polar surface area (TPSA) is 78.7 Å².